The van der Waals surface area contributed by atoms with E-state index < -0.39 is 66.4 Å². The van der Waals surface area contributed by atoms with Gasteiger partial charge < -0.3 is 37.0 Å². The van der Waals surface area contributed by atoms with Crippen molar-refractivity contribution in [2.24, 2.45) is 11.7 Å². The third-order valence-corrected chi connectivity index (χ3v) is 4.23. The molecule has 0 aliphatic rings. The van der Waals surface area contributed by atoms with Crippen LogP contribution in [0.4, 0.5) is 0 Å². The van der Waals surface area contributed by atoms with E-state index in [0.29, 0.717) is 0 Å². The quantitative estimate of drug-likeness (QED) is 0.141. The van der Waals surface area contributed by atoms with Gasteiger partial charge in [0.1, 0.15) is 18.1 Å². The summed E-state index contributed by atoms with van der Waals surface area (Å²) in [4.78, 5) is 58.3. The zero-order valence-electron chi connectivity index (χ0n) is 16.1. The first-order valence-corrected chi connectivity index (χ1v) is 9.40. The van der Waals surface area contributed by atoms with E-state index in [0.717, 1.165) is 0 Å². The Morgan fingerprint density at radius 3 is 1.90 bits per heavy atom. The van der Waals surface area contributed by atoms with Gasteiger partial charge in [0.2, 0.25) is 17.7 Å². The molecule has 0 radical (unpaired) electrons. The standard InChI is InChI=1S/C16H28N4O8S/c1-7(2)12(20-13(24)8(17)3-4-11(22)23)15(26)19-10(6-29)14(25)18-9(5-21)16(27)28/h7-10,12,21,29H,3-6,17H2,1-2H3,(H,18,25)(H,19,26)(H,20,24)(H,22,23)(H,27,28). The van der Waals surface area contributed by atoms with Crippen molar-refractivity contribution < 1.29 is 39.3 Å². The van der Waals surface area contributed by atoms with Gasteiger partial charge in [-0.15, -0.1) is 0 Å². The van der Waals surface area contributed by atoms with Crippen molar-refractivity contribution in [3.05, 3.63) is 0 Å². The Morgan fingerprint density at radius 1 is 0.931 bits per heavy atom. The van der Waals surface area contributed by atoms with Gasteiger partial charge in [0, 0.05) is 12.2 Å². The largest absolute Gasteiger partial charge is 0.481 e. The molecule has 0 bridgehead atoms. The van der Waals surface area contributed by atoms with Crippen LogP contribution >= 0.6 is 12.6 Å². The highest BCUT2D eigenvalue weighted by Crippen LogP contribution is 2.05. The first-order valence-electron chi connectivity index (χ1n) is 8.77. The number of hydrogen-bond acceptors (Lipinski definition) is 8. The lowest BCUT2D eigenvalue weighted by atomic mass is 10.0. The van der Waals surface area contributed by atoms with E-state index in [4.69, 9.17) is 21.1 Å². The molecule has 0 aromatic carbocycles. The number of aliphatic carboxylic acids is 2. The number of carbonyl (C=O) groups excluding carboxylic acids is 3. The zero-order chi connectivity index (χ0) is 22.7. The number of aliphatic hydroxyl groups excluding tert-OH is 1. The van der Waals surface area contributed by atoms with Crippen LogP contribution in [0, 0.1) is 5.92 Å². The Labute approximate surface area is 173 Å². The summed E-state index contributed by atoms with van der Waals surface area (Å²) in [7, 11) is 0. The van der Waals surface area contributed by atoms with Crippen molar-refractivity contribution in [3.63, 3.8) is 0 Å². The molecule has 0 fully saturated rings. The smallest absolute Gasteiger partial charge is 0.328 e. The normalized spacial score (nSPS) is 15.0. The van der Waals surface area contributed by atoms with Crippen molar-refractivity contribution >= 4 is 42.3 Å². The van der Waals surface area contributed by atoms with Gasteiger partial charge in [0.25, 0.3) is 0 Å². The van der Waals surface area contributed by atoms with Crippen molar-refractivity contribution in [2.45, 2.75) is 50.9 Å². The molecule has 4 atom stereocenters. The maximum atomic E-state index is 12.5. The Hall–Kier alpha value is -2.38. The summed E-state index contributed by atoms with van der Waals surface area (Å²) in [5.41, 5.74) is 5.63. The van der Waals surface area contributed by atoms with E-state index in [-0.39, 0.29) is 18.6 Å². The second-order valence-corrected chi connectivity index (χ2v) is 6.96. The van der Waals surface area contributed by atoms with E-state index in [1.165, 1.54) is 0 Å². The van der Waals surface area contributed by atoms with Crippen LogP contribution in [0.3, 0.4) is 0 Å². The molecule has 29 heavy (non-hydrogen) atoms. The van der Waals surface area contributed by atoms with Gasteiger partial charge in [-0.25, -0.2) is 4.79 Å². The van der Waals surface area contributed by atoms with Crippen LogP contribution < -0.4 is 21.7 Å². The second kappa shape index (κ2) is 13.0. The van der Waals surface area contributed by atoms with Gasteiger partial charge in [-0.05, 0) is 12.3 Å². The molecule has 8 N–H and O–H groups in total. The number of hydrogen-bond donors (Lipinski definition) is 8. The average molecular weight is 436 g/mol. The highest BCUT2D eigenvalue weighted by molar-refractivity contribution is 7.80. The summed E-state index contributed by atoms with van der Waals surface area (Å²) in [5, 5.41) is 33.3. The number of rotatable bonds is 13. The molecule has 4 unspecified atom stereocenters. The molecule has 166 valence electrons. The fourth-order valence-electron chi connectivity index (χ4n) is 2.12. The Bertz CT molecular complexity index is 616. The van der Waals surface area contributed by atoms with Crippen LogP contribution in [0.2, 0.25) is 0 Å². The summed E-state index contributed by atoms with van der Waals surface area (Å²) in [6.07, 6.45) is -0.433. The number of carboxylic acid groups (broad SMARTS) is 2. The van der Waals surface area contributed by atoms with Crippen LogP contribution in [0.5, 0.6) is 0 Å². The average Bonchev–Trinajstić information content (AvgIpc) is 2.64. The number of aliphatic hydroxyl groups is 1. The molecule has 12 nitrogen and oxygen atoms in total. The van der Waals surface area contributed by atoms with Crippen molar-refractivity contribution in [3.8, 4) is 0 Å². The Morgan fingerprint density at radius 2 is 1.48 bits per heavy atom. The van der Waals surface area contributed by atoms with E-state index in [2.05, 4.69) is 28.6 Å². The van der Waals surface area contributed by atoms with Crippen molar-refractivity contribution in [1.29, 1.82) is 0 Å². The summed E-state index contributed by atoms with van der Waals surface area (Å²) in [6.45, 7) is 2.43. The molecule has 0 aromatic rings. The van der Waals surface area contributed by atoms with Gasteiger partial charge in [0.05, 0.1) is 12.6 Å². The van der Waals surface area contributed by atoms with Crippen LogP contribution in [-0.2, 0) is 24.0 Å². The molecule has 0 spiro atoms. The molecule has 0 rings (SSSR count). The van der Waals surface area contributed by atoms with Gasteiger partial charge >= 0.3 is 11.9 Å². The SMILES string of the molecule is CC(C)C(NC(=O)C(N)CCC(=O)O)C(=O)NC(CS)C(=O)NC(CO)C(=O)O. The van der Waals surface area contributed by atoms with E-state index >= 15 is 0 Å². The summed E-state index contributed by atoms with van der Waals surface area (Å²) in [6, 6.07) is -4.99. The summed E-state index contributed by atoms with van der Waals surface area (Å²) < 4.78 is 0. The first-order chi connectivity index (χ1) is 13.4. The molecule has 0 aliphatic carbocycles. The molecule has 0 heterocycles. The van der Waals surface area contributed by atoms with E-state index in [9.17, 15) is 24.0 Å². The number of nitrogens with two attached hydrogens (primary N) is 1. The molecular formula is C16H28N4O8S. The van der Waals surface area contributed by atoms with Crippen LogP contribution in [0.25, 0.3) is 0 Å². The highest BCUT2D eigenvalue weighted by Gasteiger charge is 2.31. The molecular weight excluding hydrogens is 408 g/mol. The number of amides is 3. The molecule has 0 saturated carbocycles. The van der Waals surface area contributed by atoms with Gasteiger partial charge in [-0.3, -0.25) is 19.2 Å². The fraction of sp³-hybridized carbons (Fsp3) is 0.688. The second-order valence-electron chi connectivity index (χ2n) is 6.59. The third kappa shape index (κ3) is 9.58. The zero-order valence-corrected chi connectivity index (χ0v) is 17.0. The molecule has 3 amide bonds. The lowest BCUT2D eigenvalue weighted by molar-refractivity contribution is -0.143. The van der Waals surface area contributed by atoms with Crippen molar-refractivity contribution in [1.82, 2.24) is 16.0 Å². The van der Waals surface area contributed by atoms with Gasteiger partial charge in [-0.1, -0.05) is 13.8 Å². The van der Waals surface area contributed by atoms with E-state index in [1.807, 2.05) is 0 Å². The number of thiol groups is 1. The minimum absolute atomic E-state index is 0.118. The predicted molar refractivity (Wildman–Crippen MR) is 104 cm³/mol. The molecule has 0 saturated heterocycles. The van der Waals surface area contributed by atoms with Gasteiger partial charge in [0.15, 0.2) is 0 Å². The first kappa shape index (κ1) is 26.6. The minimum Gasteiger partial charge on any atom is -0.481 e. The summed E-state index contributed by atoms with van der Waals surface area (Å²) >= 11 is 3.95. The van der Waals surface area contributed by atoms with Crippen LogP contribution in [0.1, 0.15) is 26.7 Å². The fourth-order valence-corrected chi connectivity index (χ4v) is 2.38. The number of carboxylic acids is 2. The monoisotopic (exact) mass is 436 g/mol. The minimum atomic E-state index is -1.55. The number of nitrogens with one attached hydrogen (secondary N) is 3. The maximum absolute atomic E-state index is 12.5. The molecule has 0 aromatic heterocycles. The Kier molecular flexibility index (Phi) is 11.9. The van der Waals surface area contributed by atoms with Crippen LogP contribution in [-0.4, -0.2) is 81.5 Å². The molecule has 0 aliphatic heterocycles. The predicted octanol–water partition coefficient (Wildman–Crippen LogP) is -2.70. The van der Waals surface area contributed by atoms with Crippen molar-refractivity contribution in [2.75, 3.05) is 12.4 Å². The lowest BCUT2D eigenvalue weighted by Gasteiger charge is -2.26. The Balaban J connectivity index is 5.05. The summed E-state index contributed by atoms with van der Waals surface area (Å²) in [5.74, 6) is -5.47. The third-order valence-electron chi connectivity index (χ3n) is 3.87. The van der Waals surface area contributed by atoms with E-state index in [1.54, 1.807) is 13.8 Å². The van der Waals surface area contributed by atoms with Gasteiger partial charge in [-0.2, -0.15) is 12.6 Å². The highest BCUT2D eigenvalue weighted by atomic mass is 32.1. The van der Waals surface area contributed by atoms with Crippen LogP contribution in [0.15, 0.2) is 0 Å². The topological polar surface area (TPSA) is 208 Å². The molecule has 13 heteroatoms. The lowest BCUT2D eigenvalue weighted by Crippen LogP contribution is -2.59. The maximum Gasteiger partial charge on any atom is 0.328 e. The number of carbonyl (C=O) groups is 5.